The van der Waals surface area contributed by atoms with Gasteiger partial charge in [0.15, 0.2) is 5.75 Å². The summed E-state index contributed by atoms with van der Waals surface area (Å²) in [5, 5.41) is 16.4. The minimum Gasteiger partial charge on any atom is -0.486 e. The molecule has 0 saturated carbocycles. The van der Waals surface area contributed by atoms with Crippen LogP contribution in [-0.4, -0.2) is 11.1 Å². The quantitative estimate of drug-likeness (QED) is 0.218. The number of hydrazone groups is 1. The zero-order valence-electron chi connectivity index (χ0n) is 15.1. The van der Waals surface area contributed by atoms with Crippen molar-refractivity contribution in [2.24, 2.45) is 5.10 Å². The molecule has 0 spiro atoms. The number of benzene rings is 3. The molecule has 30 heavy (non-hydrogen) atoms. The van der Waals surface area contributed by atoms with Gasteiger partial charge in [0.2, 0.25) is 0 Å². The maximum absolute atomic E-state index is 10.7. The van der Waals surface area contributed by atoms with Gasteiger partial charge < -0.3 is 4.74 Å². The molecule has 154 valence electrons. The minimum absolute atomic E-state index is 0.00132. The monoisotopic (exact) mass is 483 g/mol. The molecule has 0 radical (unpaired) electrons. The minimum atomic E-state index is -0.471. The van der Waals surface area contributed by atoms with Crippen molar-refractivity contribution in [3.05, 3.63) is 95.9 Å². The van der Waals surface area contributed by atoms with E-state index in [0.29, 0.717) is 37.1 Å². The molecule has 0 heterocycles. The van der Waals surface area contributed by atoms with Gasteiger partial charge in [-0.15, -0.1) is 0 Å². The number of hydrogen-bond acceptors (Lipinski definition) is 5. The van der Waals surface area contributed by atoms with Gasteiger partial charge in [0.05, 0.1) is 26.9 Å². The summed E-state index contributed by atoms with van der Waals surface area (Å²) in [6.45, 7) is 0.171. The SMILES string of the molecule is O=[N+]([O-])c1ccc(N/N=C/c2cc(Cl)c(OCc3ccc(Cl)cc3Cl)c(Cl)c2)cc1. The van der Waals surface area contributed by atoms with Crippen molar-refractivity contribution >= 4 is 64.0 Å². The molecule has 0 unspecified atom stereocenters. The number of nitrogens with one attached hydrogen (secondary N) is 1. The van der Waals surface area contributed by atoms with Crippen molar-refractivity contribution in [3.63, 3.8) is 0 Å². The third-order valence-corrected chi connectivity index (χ3v) is 5.04. The first-order valence-electron chi connectivity index (χ1n) is 8.43. The second kappa shape index (κ2) is 10.00. The van der Waals surface area contributed by atoms with E-state index in [4.69, 9.17) is 51.1 Å². The molecule has 6 nitrogen and oxygen atoms in total. The molecule has 0 aromatic heterocycles. The number of nitro benzene ring substituents is 1. The number of nitro groups is 1. The standard InChI is InChI=1S/C20H13Cl4N3O3/c21-14-2-1-13(17(22)9-14)11-30-20-18(23)7-12(8-19(20)24)10-25-26-15-3-5-16(6-4-15)27(28)29/h1-10,26H,11H2/b25-10+. The Morgan fingerprint density at radius 3 is 2.23 bits per heavy atom. The van der Waals surface area contributed by atoms with E-state index in [9.17, 15) is 10.1 Å². The maximum atomic E-state index is 10.7. The van der Waals surface area contributed by atoms with Crippen LogP contribution in [0.1, 0.15) is 11.1 Å². The summed E-state index contributed by atoms with van der Waals surface area (Å²) in [7, 11) is 0. The molecule has 0 bridgehead atoms. The normalized spacial score (nSPS) is 10.9. The van der Waals surface area contributed by atoms with Crippen LogP contribution in [0.3, 0.4) is 0 Å². The number of non-ortho nitro benzene ring substituents is 1. The first-order chi connectivity index (χ1) is 14.3. The Balaban J connectivity index is 1.66. The van der Waals surface area contributed by atoms with Gasteiger partial charge in [0.1, 0.15) is 6.61 Å². The number of rotatable bonds is 7. The van der Waals surface area contributed by atoms with Crippen LogP contribution in [0.15, 0.2) is 59.7 Å². The molecule has 3 aromatic rings. The van der Waals surface area contributed by atoms with Gasteiger partial charge in [0.25, 0.3) is 5.69 Å². The highest BCUT2D eigenvalue weighted by Crippen LogP contribution is 2.35. The van der Waals surface area contributed by atoms with E-state index in [0.717, 1.165) is 5.56 Å². The van der Waals surface area contributed by atoms with E-state index >= 15 is 0 Å². The van der Waals surface area contributed by atoms with Gasteiger partial charge in [-0.1, -0.05) is 52.5 Å². The van der Waals surface area contributed by atoms with Crippen molar-refractivity contribution in [3.8, 4) is 5.75 Å². The fraction of sp³-hybridized carbons (Fsp3) is 0.0500. The Morgan fingerprint density at radius 2 is 1.63 bits per heavy atom. The van der Waals surface area contributed by atoms with E-state index in [1.54, 1.807) is 42.5 Å². The van der Waals surface area contributed by atoms with Crippen molar-refractivity contribution < 1.29 is 9.66 Å². The molecule has 0 atom stereocenters. The summed E-state index contributed by atoms with van der Waals surface area (Å²) in [6, 6.07) is 14.3. The molecule has 0 aliphatic rings. The number of anilines is 1. The fourth-order valence-electron chi connectivity index (χ4n) is 2.42. The lowest BCUT2D eigenvalue weighted by Crippen LogP contribution is -1.98. The molecule has 0 aliphatic heterocycles. The van der Waals surface area contributed by atoms with Gasteiger partial charge in [0, 0.05) is 27.7 Å². The average molecular weight is 485 g/mol. The summed E-state index contributed by atoms with van der Waals surface area (Å²) in [6.07, 6.45) is 1.51. The zero-order chi connectivity index (χ0) is 21.7. The third-order valence-electron chi connectivity index (χ3n) is 3.89. The molecule has 0 saturated heterocycles. The van der Waals surface area contributed by atoms with Crippen LogP contribution in [0.2, 0.25) is 20.1 Å². The number of halogens is 4. The molecule has 3 rings (SSSR count). The zero-order valence-corrected chi connectivity index (χ0v) is 18.1. The Hall–Kier alpha value is -2.51. The first kappa shape index (κ1) is 22.2. The number of hydrogen-bond donors (Lipinski definition) is 1. The second-order valence-electron chi connectivity index (χ2n) is 6.01. The largest absolute Gasteiger partial charge is 0.486 e. The summed E-state index contributed by atoms with van der Waals surface area (Å²) in [5.41, 5.74) is 4.74. The summed E-state index contributed by atoms with van der Waals surface area (Å²) in [5.74, 6) is 0.324. The van der Waals surface area contributed by atoms with Crippen LogP contribution >= 0.6 is 46.4 Å². The molecule has 0 amide bonds. The first-order valence-corrected chi connectivity index (χ1v) is 9.94. The topological polar surface area (TPSA) is 76.8 Å². The summed E-state index contributed by atoms with van der Waals surface area (Å²) >= 11 is 24.6. The molecule has 3 aromatic carbocycles. The highest BCUT2D eigenvalue weighted by Gasteiger charge is 2.11. The third kappa shape index (κ3) is 5.77. The van der Waals surface area contributed by atoms with E-state index in [1.807, 2.05) is 0 Å². The Labute approximate surface area is 192 Å². The summed E-state index contributed by atoms with van der Waals surface area (Å²) < 4.78 is 5.73. The second-order valence-corrected chi connectivity index (χ2v) is 7.67. The van der Waals surface area contributed by atoms with Crippen LogP contribution in [0.4, 0.5) is 11.4 Å². The van der Waals surface area contributed by atoms with Gasteiger partial charge >= 0.3 is 0 Å². The fourth-order valence-corrected chi connectivity index (χ4v) is 3.50. The van der Waals surface area contributed by atoms with Gasteiger partial charge in [-0.05, 0) is 42.0 Å². The van der Waals surface area contributed by atoms with Gasteiger partial charge in [-0.25, -0.2) is 0 Å². The van der Waals surface area contributed by atoms with Gasteiger partial charge in [-0.3, -0.25) is 15.5 Å². The Kier molecular flexibility index (Phi) is 7.39. The molecular weight excluding hydrogens is 472 g/mol. The van der Waals surface area contributed by atoms with Crippen molar-refractivity contribution in [2.45, 2.75) is 6.61 Å². The molecule has 10 heteroatoms. The Bertz CT molecular complexity index is 1080. The highest BCUT2D eigenvalue weighted by molar-refractivity contribution is 6.37. The summed E-state index contributed by atoms with van der Waals surface area (Å²) in [4.78, 5) is 10.2. The number of ether oxygens (including phenoxy) is 1. The van der Waals surface area contributed by atoms with Crippen LogP contribution < -0.4 is 10.2 Å². The average Bonchev–Trinajstić information content (AvgIpc) is 2.69. The predicted octanol–water partition coefficient (Wildman–Crippen LogP) is 7.23. The van der Waals surface area contributed by atoms with Crippen LogP contribution in [0, 0.1) is 10.1 Å². The van der Waals surface area contributed by atoms with E-state index in [2.05, 4.69) is 10.5 Å². The predicted molar refractivity (Wildman–Crippen MR) is 122 cm³/mol. The maximum Gasteiger partial charge on any atom is 0.269 e. The van der Waals surface area contributed by atoms with Crippen molar-refractivity contribution in [1.82, 2.24) is 0 Å². The van der Waals surface area contributed by atoms with E-state index in [-0.39, 0.29) is 12.3 Å². The van der Waals surface area contributed by atoms with Gasteiger partial charge in [-0.2, -0.15) is 5.10 Å². The number of nitrogens with zero attached hydrogens (tertiary/aromatic N) is 2. The van der Waals surface area contributed by atoms with E-state index < -0.39 is 4.92 Å². The molecular formula is C20H13Cl4N3O3. The van der Waals surface area contributed by atoms with Crippen LogP contribution in [-0.2, 0) is 6.61 Å². The lowest BCUT2D eigenvalue weighted by Gasteiger charge is -2.12. The Morgan fingerprint density at radius 1 is 0.967 bits per heavy atom. The lowest BCUT2D eigenvalue weighted by atomic mass is 10.2. The van der Waals surface area contributed by atoms with Crippen molar-refractivity contribution in [1.29, 1.82) is 0 Å². The van der Waals surface area contributed by atoms with Crippen LogP contribution in [0.5, 0.6) is 5.75 Å². The smallest absolute Gasteiger partial charge is 0.269 e. The van der Waals surface area contributed by atoms with Crippen LogP contribution in [0.25, 0.3) is 0 Å². The molecule has 1 N–H and O–H groups in total. The highest BCUT2D eigenvalue weighted by atomic mass is 35.5. The lowest BCUT2D eigenvalue weighted by molar-refractivity contribution is -0.384. The van der Waals surface area contributed by atoms with Crippen molar-refractivity contribution in [2.75, 3.05) is 5.43 Å². The molecule has 0 aliphatic carbocycles. The molecule has 0 fully saturated rings. The van der Waals surface area contributed by atoms with E-state index in [1.165, 1.54) is 18.3 Å².